The normalized spacial score (nSPS) is 11.6. The van der Waals surface area contributed by atoms with Crippen molar-refractivity contribution in [3.8, 4) is 11.4 Å². The van der Waals surface area contributed by atoms with Gasteiger partial charge in [-0.2, -0.15) is 0 Å². The minimum absolute atomic E-state index is 0.142. The van der Waals surface area contributed by atoms with Crippen LogP contribution in [0.2, 0.25) is 0 Å². The number of H-pyrrole nitrogens is 1. The number of benzene rings is 1. The van der Waals surface area contributed by atoms with Crippen LogP contribution in [0.15, 0.2) is 33.5 Å². The Morgan fingerprint density at radius 3 is 2.53 bits per heavy atom. The Kier molecular flexibility index (Phi) is 3.63. The second kappa shape index (κ2) is 4.93. The summed E-state index contributed by atoms with van der Waals surface area (Å²) >= 11 is 3.33. The third-order valence-corrected chi connectivity index (χ3v) is 3.60. The maximum atomic E-state index is 12.0. The van der Waals surface area contributed by atoms with Gasteiger partial charge in [-0.15, -0.1) is 0 Å². The van der Waals surface area contributed by atoms with Gasteiger partial charge in [0.15, 0.2) is 0 Å². The van der Waals surface area contributed by atoms with E-state index in [2.05, 4.69) is 25.9 Å². The van der Waals surface area contributed by atoms with Crippen LogP contribution < -0.4 is 5.56 Å². The number of nitrogens with zero attached hydrogens (tertiary/aromatic N) is 1. The van der Waals surface area contributed by atoms with Gasteiger partial charge < -0.3 is 4.98 Å². The third-order valence-electron chi connectivity index (χ3n) is 2.86. The Balaban J connectivity index is 2.67. The topological polar surface area (TPSA) is 45.8 Å². The fourth-order valence-corrected chi connectivity index (χ4v) is 2.67. The van der Waals surface area contributed by atoms with Crippen molar-refractivity contribution in [1.29, 1.82) is 0 Å². The molecule has 3 nitrogen and oxygen atoms in total. The molecule has 4 heteroatoms. The second-order valence-electron chi connectivity index (χ2n) is 5.70. The summed E-state index contributed by atoms with van der Waals surface area (Å²) in [6, 6.07) is 7.94. The Labute approximate surface area is 121 Å². The van der Waals surface area contributed by atoms with E-state index in [9.17, 15) is 4.79 Å². The van der Waals surface area contributed by atoms with Crippen molar-refractivity contribution in [3.05, 3.63) is 50.3 Å². The molecule has 0 amide bonds. The highest BCUT2D eigenvalue weighted by molar-refractivity contribution is 9.10. The van der Waals surface area contributed by atoms with Gasteiger partial charge in [0.25, 0.3) is 5.56 Å². The smallest absolute Gasteiger partial charge is 0.265 e. The zero-order valence-corrected chi connectivity index (χ0v) is 13.1. The molecule has 0 bridgehead atoms. The van der Waals surface area contributed by atoms with Crippen LogP contribution in [0.3, 0.4) is 0 Å². The van der Waals surface area contributed by atoms with Crippen LogP contribution in [0.1, 0.15) is 32.0 Å². The molecular weight excluding hydrogens is 304 g/mol. The number of hydrogen-bond acceptors (Lipinski definition) is 2. The van der Waals surface area contributed by atoms with E-state index >= 15 is 0 Å². The summed E-state index contributed by atoms with van der Waals surface area (Å²) in [6.07, 6.45) is 0. The average molecular weight is 321 g/mol. The van der Waals surface area contributed by atoms with E-state index in [0.29, 0.717) is 10.3 Å². The van der Waals surface area contributed by atoms with Crippen molar-refractivity contribution >= 4 is 15.9 Å². The minimum Gasteiger partial charge on any atom is -0.306 e. The maximum Gasteiger partial charge on any atom is 0.265 e. The number of nitrogens with one attached hydrogen (secondary N) is 1. The first-order chi connectivity index (χ1) is 8.79. The van der Waals surface area contributed by atoms with Gasteiger partial charge in [0.05, 0.1) is 5.69 Å². The van der Waals surface area contributed by atoms with Crippen molar-refractivity contribution in [2.75, 3.05) is 0 Å². The number of aromatic nitrogens is 2. The highest BCUT2D eigenvalue weighted by Gasteiger charge is 2.22. The highest BCUT2D eigenvalue weighted by Crippen LogP contribution is 2.27. The molecule has 0 spiro atoms. The first-order valence-electron chi connectivity index (χ1n) is 6.16. The lowest BCUT2D eigenvalue weighted by molar-refractivity contribution is 0.562. The van der Waals surface area contributed by atoms with E-state index in [-0.39, 0.29) is 11.0 Å². The SMILES string of the molecule is Cc1cccc(-c2nc(C(C)(C)C)c(Br)c(=O)[nH]2)c1. The number of aryl methyl sites for hydroxylation is 1. The lowest BCUT2D eigenvalue weighted by Crippen LogP contribution is -2.22. The molecule has 1 aromatic carbocycles. The summed E-state index contributed by atoms with van der Waals surface area (Å²) in [5.41, 5.74) is 2.51. The van der Waals surface area contributed by atoms with Crippen molar-refractivity contribution in [3.63, 3.8) is 0 Å². The molecule has 0 fully saturated rings. The molecule has 0 saturated carbocycles. The number of halogens is 1. The van der Waals surface area contributed by atoms with Crippen LogP contribution >= 0.6 is 15.9 Å². The van der Waals surface area contributed by atoms with Gasteiger partial charge >= 0.3 is 0 Å². The molecule has 0 aliphatic rings. The minimum atomic E-state index is -0.189. The summed E-state index contributed by atoms with van der Waals surface area (Å²) in [5.74, 6) is 0.613. The van der Waals surface area contributed by atoms with E-state index in [1.807, 2.05) is 52.0 Å². The molecule has 1 N–H and O–H groups in total. The standard InChI is InChI=1S/C15H17BrN2O/c1-9-6-5-7-10(8-9)13-17-12(15(2,3)4)11(16)14(19)18-13/h5-8H,1-4H3,(H,17,18,19). The molecule has 0 radical (unpaired) electrons. The molecule has 100 valence electrons. The van der Waals surface area contributed by atoms with Crippen molar-refractivity contribution in [1.82, 2.24) is 9.97 Å². The van der Waals surface area contributed by atoms with Crippen LogP contribution in [0.5, 0.6) is 0 Å². The van der Waals surface area contributed by atoms with E-state index in [1.165, 1.54) is 0 Å². The van der Waals surface area contributed by atoms with Gasteiger partial charge in [0.2, 0.25) is 0 Å². The lowest BCUT2D eigenvalue weighted by atomic mass is 9.92. The maximum absolute atomic E-state index is 12.0. The molecule has 0 atom stereocenters. The fraction of sp³-hybridized carbons (Fsp3) is 0.333. The quantitative estimate of drug-likeness (QED) is 0.868. The van der Waals surface area contributed by atoms with Gasteiger partial charge in [0.1, 0.15) is 10.3 Å². The van der Waals surface area contributed by atoms with Crippen molar-refractivity contribution < 1.29 is 0 Å². The molecule has 1 aromatic heterocycles. The predicted octanol–water partition coefficient (Wildman–Crippen LogP) is 3.81. The summed E-state index contributed by atoms with van der Waals surface area (Å²) < 4.78 is 0.511. The van der Waals surface area contributed by atoms with Gasteiger partial charge in [-0.3, -0.25) is 4.79 Å². The van der Waals surface area contributed by atoms with E-state index in [4.69, 9.17) is 0 Å². The van der Waals surface area contributed by atoms with Crippen molar-refractivity contribution in [2.24, 2.45) is 0 Å². The monoisotopic (exact) mass is 320 g/mol. The summed E-state index contributed by atoms with van der Waals surface area (Å²) in [5, 5.41) is 0. The second-order valence-corrected chi connectivity index (χ2v) is 6.49. The van der Waals surface area contributed by atoms with Crippen LogP contribution in [-0.2, 0) is 5.41 Å². The first-order valence-corrected chi connectivity index (χ1v) is 6.95. The summed E-state index contributed by atoms with van der Waals surface area (Å²) in [6.45, 7) is 8.14. The molecular formula is C15H17BrN2O. The first kappa shape index (κ1) is 14.0. The van der Waals surface area contributed by atoms with Crippen LogP contribution in [0.4, 0.5) is 0 Å². The molecule has 2 aromatic rings. The third kappa shape index (κ3) is 2.95. The largest absolute Gasteiger partial charge is 0.306 e. The highest BCUT2D eigenvalue weighted by atomic mass is 79.9. The van der Waals surface area contributed by atoms with Gasteiger partial charge in [-0.25, -0.2) is 4.98 Å². The molecule has 0 unspecified atom stereocenters. The Hall–Kier alpha value is -1.42. The Morgan fingerprint density at radius 2 is 1.95 bits per heavy atom. The predicted molar refractivity (Wildman–Crippen MR) is 81.4 cm³/mol. The summed E-state index contributed by atoms with van der Waals surface area (Å²) in [7, 11) is 0. The zero-order chi connectivity index (χ0) is 14.2. The summed E-state index contributed by atoms with van der Waals surface area (Å²) in [4.78, 5) is 19.5. The Bertz CT molecular complexity index is 669. The average Bonchev–Trinajstić information content (AvgIpc) is 2.31. The van der Waals surface area contributed by atoms with Gasteiger partial charge in [0, 0.05) is 11.0 Å². The number of hydrogen-bond donors (Lipinski definition) is 1. The molecule has 19 heavy (non-hydrogen) atoms. The van der Waals surface area contributed by atoms with Gasteiger partial charge in [-0.05, 0) is 28.9 Å². The van der Waals surface area contributed by atoms with Crippen LogP contribution in [-0.4, -0.2) is 9.97 Å². The molecule has 0 aliphatic carbocycles. The Morgan fingerprint density at radius 1 is 1.26 bits per heavy atom. The molecule has 0 aliphatic heterocycles. The molecule has 2 rings (SSSR count). The number of rotatable bonds is 1. The van der Waals surface area contributed by atoms with E-state index in [1.54, 1.807) is 0 Å². The lowest BCUT2D eigenvalue weighted by Gasteiger charge is -2.19. The zero-order valence-electron chi connectivity index (χ0n) is 11.5. The molecule has 1 heterocycles. The van der Waals surface area contributed by atoms with E-state index < -0.39 is 0 Å². The van der Waals surface area contributed by atoms with E-state index in [0.717, 1.165) is 16.8 Å². The van der Waals surface area contributed by atoms with Crippen LogP contribution in [0, 0.1) is 6.92 Å². The van der Waals surface area contributed by atoms with Crippen molar-refractivity contribution in [2.45, 2.75) is 33.1 Å². The van der Waals surface area contributed by atoms with Crippen LogP contribution in [0.25, 0.3) is 11.4 Å². The molecule has 0 saturated heterocycles. The number of aromatic amines is 1. The van der Waals surface area contributed by atoms with Gasteiger partial charge in [-0.1, -0.05) is 44.5 Å². The fourth-order valence-electron chi connectivity index (χ4n) is 1.88.